The standard InChI is InChI=1S/C20H27NO5/c1-6-10-21-16(12-8-9-13(22)14(11-12)26-7-2)15(17(23)19(21)25)18(24)20(3,4)5/h8-9,11,16,22-23H,6-7,10H2,1-5H3. The summed E-state index contributed by atoms with van der Waals surface area (Å²) in [4.78, 5) is 27.0. The molecular formula is C20H27NO5. The van der Waals surface area contributed by atoms with E-state index in [0.29, 0.717) is 25.1 Å². The summed E-state index contributed by atoms with van der Waals surface area (Å²) in [6.07, 6.45) is 0.683. The van der Waals surface area contributed by atoms with E-state index in [1.165, 1.54) is 11.0 Å². The summed E-state index contributed by atoms with van der Waals surface area (Å²) in [5, 5.41) is 20.4. The van der Waals surface area contributed by atoms with Crippen molar-refractivity contribution in [2.75, 3.05) is 13.2 Å². The van der Waals surface area contributed by atoms with Crippen molar-refractivity contribution in [1.29, 1.82) is 0 Å². The van der Waals surface area contributed by atoms with Gasteiger partial charge in [0.2, 0.25) is 0 Å². The molecule has 1 aromatic rings. The fraction of sp³-hybridized carbons (Fsp3) is 0.500. The van der Waals surface area contributed by atoms with E-state index in [1.807, 2.05) is 6.92 Å². The average molecular weight is 361 g/mol. The van der Waals surface area contributed by atoms with Gasteiger partial charge in [0, 0.05) is 12.0 Å². The van der Waals surface area contributed by atoms with Crippen molar-refractivity contribution in [2.24, 2.45) is 5.41 Å². The maximum atomic E-state index is 13.0. The molecule has 6 nitrogen and oxygen atoms in total. The molecule has 0 saturated carbocycles. The molecule has 1 aliphatic heterocycles. The highest BCUT2D eigenvalue weighted by atomic mass is 16.5. The van der Waals surface area contributed by atoms with Crippen LogP contribution in [0.25, 0.3) is 0 Å². The number of ketones is 1. The number of hydrogen-bond donors (Lipinski definition) is 2. The first-order valence-electron chi connectivity index (χ1n) is 8.88. The van der Waals surface area contributed by atoms with Crippen LogP contribution in [-0.4, -0.2) is 40.0 Å². The molecule has 1 atom stereocenters. The number of rotatable bonds is 6. The molecule has 2 rings (SSSR count). The molecule has 0 saturated heterocycles. The number of carbonyl (C=O) groups is 2. The zero-order valence-electron chi connectivity index (χ0n) is 16.0. The fourth-order valence-corrected chi connectivity index (χ4v) is 3.08. The third-order valence-corrected chi connectivity index (χ3v) is 4.29. The van der Waals surface area contributed by atoms with Gasteiger partial charge in [0.05, 0.1) is 18.2 Å². The first-order chi connectivity index (χ1) is 12.1. The van der Waals surface area contributed by atoms with Gasteiger partial charge in [-0.25, -0.2) is 0 Å². The molecule has 0 fully saturated rings. The van der Waals surface area contributed by atoms with Crippen LogP contribution in [0.15, 0.2) is 29.5 Å². The maximum absolute atomic E-state index is 13.0. The normalized spacial score (nSPS) is 17.8. The Kier molecular flexibility index (Phi) is 5.64. The Morgan fingerprint density at radius 1 is 1.23 bits per heavy atom. The van der Waals surface area contributed by atoms with Crippen molar-refractivity contribution < 1.29 is 24.5 Å². The summed E-state index contributed by atoms with van der Waals surface area (Å²) in [7, 11) is 0. The predicted molar refractivity (Wildman–Crippen MR) is 98.1 cm³/mol. The van der Waals surface area contributed by atoms with Crippen molar-refractivity contribution in [2.45, 2.75) is 47.1 Å². The van der Waals surface area contributed by atoms with Crippen LogP contribution < -0.4 is 4.74 Å². The quantitative estimate of drug-likeness (QED) is 0.810. The van der Waals surface area contributed by atoms with Gasteiger partial charge in [0.25, 0.3) is 5.91 Å². The largest absolute Gasteiger partial charge is 0.504 e. The number of hydrogen-bond acceptors (Lipinski definition) is 5. The molecule has 142 valence electrons. The maximum Gasteiger partial charge on any atom is 0.290 e. The minimum Gasteiger partial charge on any atom is -0.504 e. The molecule has 1 aliphatic rings. The van der Waals surface area contributed by atoms with Crippen LogP contribution in [0.4, 0.5) is 0 Å². The van der Waals surface area contributed by atoms with Gasteiger partial charge >= 0.3 is 0 Å². The van der Waals surface area contributed by atoms with Crippen molar-refractivity contribution in [1.82, 2.24) is 4.90 Å². The van der Waals surface area contributed by atoms with Gasteiger partial charge in [0.15, 0.2) is 23.0 Å². The number of Topliss-reactive ketones (excluding diaryl/α,β-unsaturated/α-hetero) is 1. The van der Waals surface area contributed by atoms with Crippen LogP contribution in [0.1, 0.15) is 52.6 Å². The van der Waals surface area contributed by atoms with Crippen LogP contribution in [0, 0.1) is 5.41 Å². The number of carbonyl (C=O) groups excluding carboxylic acids is 2. The number of aromatic hydroxyl groups is 1. The van der Waals surface area contributed by atoms with Gasteiger partial charge in [-0.1, -0.05) is 33.8 Å². The van der Waals surface area contributed by atoms with E-state index in [0.717, 1.165) is 0 Å². The SMILES string of the molecule is CCCN1C(=O)C(O)=C(C(=O)C(C)(C)C)C1c1ccc(O)c(OCC)c1. The van der Waals surface area contributed by atoms with Gasteiger partial charge < -0.3 is 19.8 Å². The second-order valence-electron chi connectivity index (χ2n) is 7.40. The highest BCUT2D eigenvalue weighted by molar-refractivity contribution is 6.10. The summed E-state index contributed by atoms with van der Waals surface area (Å²) < 4.78 is 5.43. The molecular weight excluding hydrogens is 334 g/mol. The van der Waals surface area contributed by atoms with Crippen LogP contribution in [0.2, 0.25) is 0 Å². The smallest absolute Gasteiger partial charge is 0.290 e. The summed E-state index contributed by atoms with van der Waals surface area (Å²) >= 11 is 0. The molecule has 1 aromatic carbocycles. The molecule has 0 aliphatic carbocycles. The molecule has 1 unspecified atom stereocenters. The number of phenols is 1. The van der Waals surface area contributed by atoms with Crippen molar-refractivity contribution in [3.05, 3.63) is 35.1 Å². The van der Waals surface area contributed by atoms with E-state index >= 15 is 0 Å². The minimum atomic E-state index is -0.746. The Bertz CT molecular complexity index is 745. The van der Waals surface area contributed by atoms with E-state index in [1.54, 1.807) is 39.8 Å². The van der Waals surface area contributed by atoms with E-state index in [4.69, 9.17) is 4.74 Å². The number of benzene rings is 1. The number of nitrogens with zero attached hydrogens (tertiary/aromatic N) is 1. The van der Waals surface area contributed by atoms with Gasteiger partial charge in [-0.05, 0) is 31.0 Å². The zero-order chi connectivity index (χ0) is 19.6. The van der Waals surface area contributed by atoms with Crippen LogP contribution >= 0.6 is 0 Å². The first-order valence-corrected chi connectivity index (χ1v) is 8.88. The highest BCUT2D eigenvalue weighted by Crippen LogP contribution is 2.42. The fourth-order valence-electron chi connectivity index (χ4n) is 3.08. The summed E-state index contributed by atoms with van der Waals surface area (Å²) in [6, 6.07) is 4.04. The van der Waals surface area contributed by atoms with E-state index < -0.39 is 23.1 Å². The number of phenolic OH excluding ortho intramolecular Hbond substituents is 1. The Morgan fingerprint density at radius 2 is 1.88 bits per heavy atom. The van der Waals surface area contributed by atoms with Crippen molar-refractivity contribution >= 4 is 11.7 Å². The molecule has 26 heavy (non-hydrogen) atoms. The highest BCUT2D eigenvalue weighted by Gasteiger charge is 2.45. The van der Waals surface area contributed by atoms with E-state index in [2.05, 4.69) is 0 Å². The topological polar surface area (TPSA) is 87.1 Å². The lowest BCUT2D eigenvalue weighted by atomic mass is 9.82. The molecule has 0 spiro atoms. The van der Waals surface area contributed by atoms with Gasteiger partial charge in [-0.15, -0.1) is 0 Å². The Labute approximate surface area is 154 Å². The number of aliphatic hydroxyl groups is 1. The summed E-state index contributed by atoms with van der Waals surface area (Å²) in [6.45, 7) is 9.75. The van der Waals surface area contributed by atoms with Gasteiger partial charge in [0.1, 0.15) is 0 Å². The third kappa shape index (κ3) is 3.54. The van der Waals surface area contributed by atoms with Crippen molar-refractivity contribution in [3.8, 4) is 11.5 Å². The molecule has 2 N–H and O–H groups in total. The molecule has 1 amide bonds. The van der Waals surface area contributed by atoms with E-state index in [9.17, 15) is 19.8 Å². The second-order valence-corrected chi connectivity index (χ2v) is 7.40. The average Bonchev–Trinajstić information content (AvgIpc) is 2.81. The monoisotopic (exact) mass is 361 g/mol. The van der Waals surface area contributed by atoms with Crippen molar-refractivity contribution in [3.63, 3.8) is 0 Å². The molecule has 1 heterocycles. The Hall–Kier alpha value is -2.50. The Morgan fingerprint density at radius 3 is 2.42 bits per heavy atom. The lowest BCUT2D eigenvalue weighted by molar-refractivity contribution is -0.129. The molecule has 6 heteroatoms. The summed E-state index contributed by atoms with van der Waals surface area (Å²) in [5.74, 6) is -1.05. The zero-order valence-corrected chi connectivity index (χ0v) is 16.0. The number of amides is 1. The first kappa shape index (κ1) is 19.8. The van der Waals surface area contributed by atoms with Crippen LogP contribution in [0.5, 0.6) is 11.5 Å². The van der Waals surface area contributed by atoms with E-state index in [-0.39, 0.29) is 22.9 Å². The molecule has 0 bridgehead atoms. The molecule has 0 radical (unpaired) electrons. The van der Waals surface area contributed by atoms with Gasteiger partial charge in [-0.2, -0.15) is 0 Å². The lowest BCUT2D eigenvalue weighted by Crippen LogP contribution is -2.33. The van der Waals surface area contributed by atoms with Gasteiger partial charge in [-0.3, -0.25) is 9.59 Å². The minimum absolute atomic E-state index is 0.0149. The number of ether oxygens (including phenoxy) is 1. The molecule has 0 aromatic heterocycles. The lowest BCUT2D eigenvalue weighted by Gasteiger charge is -2.29. The van der Waals surface area contributed by atoms with Crippen LogP contribution in [0.3, 0.4) is 0 Å². The predicted octanol–water partition coefficient (Wildman–Crippen LogP) is 3.51. The second kappa shape index (κ2) is 7.40. The number of aliphatic hydroxyl groups excluding tert-OH is 1. The Balaban J connectivity index is 2.61. The third-order valence-electron chi connectivity index (χ3n) is 4.29. The van der Waals surface area contributed by atoms with Crippen LogP contribution in [-0.2, 0) is 9.59 Å². The summed E-state index contributed by atoms with van der Waals surface area (Å²) in [5.41, 5.74) is -0.0298.